The zero-order valence-electron chi connectivity index (χ0n) is 8.48. The van der Waals surface area contributed by atoms with Crippen LogP contribution in [0.15, 0.2) is 30.5 Å². The lowest BCUT2D eigenvalue weighted by Gasteiger charge is -2.06. The standard InChI is InChI=1S/C11H6F2N4/c12-7-2-1-3-8(11(7)13)16-9-4-5-15-10(6-14)17-9/h1-5H,(H,15,16,17). The molecule has 0 atom stereocenters. The van der Waals surface area contributed by atoms with E-state index in [-0.39, 0.29) is 17.3 Å². The summed E-state index contributed by atoms with van der Waals surface area (Å²) in [5.41, 5.74) is -0.0485. The zero-order chi connectivity index (χ0) is 12.3. The van der Waals surface area contributed by atoms with Crippen LogP contribution in [0.4, 0.5) is 20.3 Å². The van der Waals surface area contributed by atoms with Gasteiger partial charge in [0.15, 0.2) is 11.6 Å². The van der Waals surface area contributed by atoms with Gasteiger partial charge >= 0.3 is 0 Å². The monoisotopic (exact) mass is 232 g/mol. The molecule has 0 bridgehead atoms. The van der Waals surface area contributed by atoms with Gasteiger partial charge in [-0.05, 0) is 18.2 Å². The van der Waals surface area contributed by atoms with Gasteiger partial charge in [0.25, 0.3) is 0 Å². The highest BCUT2D eigenvalue weighted by molar-refractivity contribution is 5.56. The van der Waals surface area contributed by atoms with Crippen LogP contribution < -0.4 is 5.32 Å². The Balaban J connectivity index is 2.32. The molecule has 1 aromatic carbocycles. The number of benzene rings is 1. The molecule has 0 aliphatic rings. The molecule has 2 aromatic rings. The summed E-state index contributed by atoms with van der Waals surface area (Å²) < 4.78 is 26.3. The molecule has 4 nitrogen and oxygen atoms in total. The number of hydrogen-bond donors (Lipinski definition) is 1. The van der Waals surface area contributed by atoms with Crippen LogP contribution in [0.25, 0.3) is 0 Å². The van der Waals surface area contributed by atoms with Crippen LogP contribution in [0, 0.1) is 23.0 Å². The highest BCUT2D eigenvalue weighted by Gasteiger charge is 2.08. The lowest BCUT2D eigenvalue weighted by molar-refractivity contribution is 0.511. The molecule has 0 saturated carbocycles. The molecule has 1 N–H and O–H groups in total. The maximum atomic E-state index is 13.3. The lowest BCUT2D eigenvalue weighted by atomic mass is 10.3. The minimum atomic E-state index is -0.996. The smallest absolute Gasteiger partial charge is 0.234 e. The molecular formula is C11H6F2N4. The summed E-state index contributed by atoms with van der Waals surface area (Å²) in [6.07, 6.45) is 1.35. The third-order valence-corrected chi connectivity index (χ3v) is 1.97. The topological polar surface area (TPSA) is 61.6 Å². The highest BCUT2D eigenvalue weighted by Crippen LogP contribution is 2.20. The van der Waals surface area contributed by atoms with Gasteiger partial charge in [-0.1, -0.05) is 6.07 Å². The molecule has 0 aliphatic carbocycles. The van der Waals surface area contributed by atoms with Crippen molar-refractivity contribution in [1.29, 1.82) is 5.26 Å². The fraction of sp³-hybridized carbons (Fsp3) is 0. The molecule has 17 heavy (non-hydrogen) atoms. The summed E-state index contributed by atoms with van der Waals surface area (Å²) in [6, 6.07) is 6.95. The first kappa shape index (κ1) is 11.0. The first-order chi connectivity index (χ1) is 8.20. The Morgan fingerprint density at radius 3 is 2.82 bits per heavy atom. The first-order valence-corrected chi connectivity index (χ1v) is 4.65. The summed E-state index contributed by atoms with van der Waals surface area (Å²) in [4.78, 5) is 7.44. The average Bonchev–Trinajstić information content (AvgIpc) is 2.35. The average molecular weight is 232 g/mol. The van der Waals surface area contributed by atoms with E-state index in [0.717, 1.165) is 6.07 Å². The summed E-state index contributed by atoms with van der Waals surface area (Å²) in [5, 5.41) is 11.2. The third-order valence-electron chi connectivity index (χ3n) is 1.97. The van der Waals surface area contributed by atoms with E-state index in [2.05, 4.69) is 15.3 Å². The van der Waals surface area contributed by atoms with Crippen LogP contribution >= 0.6 is 0 Å². The Morgan fingerprint density at radius 2 is 2.06 bits per heavy atom. The molecule has 1 heterocycles. The van der Waals surface area contributed by atoms with E-state index >= 15 is 0 Å². The number of halogens is 2. The lowest BCUT2D eigenvalue weighted by Crippen LogP contribution is -1.99. The van der Waals surface area contributed by atoms with E-state index in [9.17, 15) is 8.78 Å². The van der Waals surface area contributed by atoms with Crippen LogP contribution in [0.1, 0.15) is 5.82 Å². The van der Waals surface area contributed by atoms with Gasteiger partial charge in [0.1, 0.15) is 11.9 Å². The van der Waals surface area contributed by atoms with Crippen molar-refractivity contribution in [3.8, 4) is 6.07 Å². The van der Waals surface area contributed by atoms with Crippen molar-refractivity contribution in [2.45, 2.75) is 0 Å². The van der Waals surface area contributed by atoms with E-state index in [0.29, 0.717) is 0 Å². The number of rotatable bonds is 2. The van der Waals surface area contributed by atoms with Crippen LogP contribution in [0.5, 0.6) is 0 Å². The Bertz CT molecular complexity index is 592. The van der Waals surface area contributed by atoms with E-state index in [1.807, 2.05) is 0 Å². The number of hydrogen-bond acceptors (Lipinski definition) is 4. The van der Waals surface area contributed by atoms with Crippen LogP contribution in [0.2, 0.25) is 0 Å². The fourth-order valence-electron chi connectivity index (χ4n) is 1.22. The second-order valence-corrected chi connectivity index (χ2v) is 3.10. The zero-order valence-corrected chi connectivity index (χ0v) is 8.48. The van der Waals surface area contributed by atoms with Crippen molar-refractivity contribution in [3.63, 3.8) is 0 Å². The molecule has 2 rings (SSSR count). The number of nitriles is 1. The molecule has 0 spiro atoms. The minimum Gasteiger partial charge on any atom is -0.338 e. The maximum Gasteiger partial charge on any atom is 0.234 e. The quantitative estimate of drug-likeness (QED) is 0.863. The molecule has 0 saturated heterocycles. The second-order valence-electron chi connectivity index (χ2n) is 3.10. The molecule has 1 aromatic heterocycles. The van der Waals surface area contributed by atoms with Crippen molar-refractivity contribution in [3.05, 3.63) is 47.9 Å². The summed E-state index contributed by atoms with van der Waals surface area (Å²) >= 11 is 0. The first-order valence-electron chi connectivity index (χ1n) is 4.65. The molecule has 84 valence electrons. The van der Waals surface area contributed by atoms with Gasteiger partial charge in [-0.25, -0.2) is 18.7 Å². The normalized spacial score (nSPS) is 9.71. The molecule has 0 aliphatic heterocycles. The molecule has 0 amide bonds. The number of nitrogens with one attached hydrogen (secondary N) is 1. The van der Waals surface area contributed by atoms with Crippen molar-refractivity contribution in [2.24, 2.45) is 0 Å². The van der Waals surface area contributed by atoms with E-state index < -0.39 is 11.6 Å². The molecular weight excluding hydrogens is 226 g/mol. The molecule has 0 unspecified atom stereocenters. The fourth-order valence-corrected chi connectivity index (χ4v) is 1.22. The van der Waals surface area contributed by atoms with E-state index in [4.69, 9.17) is 5.26 Å². The highest BCUT2D eigenvalue weighted by atomic mass is 19.2. The van der Waals surface area contributed by atoms with Crippen molar-refractivity contribution < 1.29 is 8.78 Å². The van der Waals surface area contributed by atoms with E-state index in [1.54, 1.807) is 6.07 Å². The van der Waals surface area contributed by atoms with Crippen LogP contribution in [-0.2, 0) is 0 Å². The molecule has 0 radical (unpaired) electrons. The van der Waals surface area contributed by atoms with Gasteiger partial charge in [-0.3, -0.25) is 0 Å². The van der Waals surface area contributed by atoms with Crippen molar-refractivity contribution in [2.75, 3.05) is 5.32 Å². The van der Waals surface area contributed by atoms with E-state index in [1.165, 1.54) is 24.4 Å². The van der Waals surface area contributed by atoms with Crippen LogP contribution in [0.3, 0.4) is 0 Å². The van der Waals surface area contributed by atoms with Gasteiger partial charge < -0.3 is 5.32 Å². The summed E-state index contributed by atoms with van der Waals surface area (Å²) in [7, 11) is 0. The largest absolute Gasteiger partial charge is 0.338 e. The second kappa shape index (κ2) is 4.53. The predicted molar refractivity (Wildman–Crippen MR) is 56.4 cm³/mol. The van der Waals surface area contributed by atoms with Crippen LogP contribution in [-0.4, -0.2) is 9.97 Å². The van der Waals surface area contributed by atoms with Gasteiger partial charge in [0.2, 0.25) is 5.82 Å². The van der Waals surface area contributed by atoms with Gasteiger partial charge in [-0.2, -0.15) is 5.26 Å². The third kappa shape index (κ3) is 2.34. The molecule has 6 heteroatoms. The predicted octanol–water partition coefficient (Wildman–Crippen LogP) is 2.37. The van der Waals surface area contributed by atoms with Crippen molar-refractivity contribution in [1.82, 2.24) is 9.97 Å². The summed E-state index contributed by atoms with van der Waals surface area (Å²) in [6.45, 7) is 0. The molecule has 0 fully saturated rings. The minimum absolute atomic E-state index is 0.0485. The SMILES string of the molecule is N#Cc1nccc(Nc2cccc(F)c2F)n1. The Morgan fingerprint density at radius 1 is 1.24 bits per heavy atom. The van der Waals surface area contributed by atoms with Gasteiger partial charge in [0.05, 0.1) is 5.69 Å². The van der Waals surface area contributed by atoms with Crippen molar-refractivity contribution >= 4 is 11.5 Å². The Hall–Kier alpha value is -2.55. The Kier molecular flexibility index (Phi) is 2.92. The maximum absolute atomic E-state index is 13.3. The summed E-state index contributed by atoms with van der Waals surface area (Å²) in [5.74, 6) is -1.78. The Labute approximate surface area is 95.6 Å². The number of aromatic nitrogens is 2. The van der Waals surface area contributed by atoms with Gasteiger partial charge in [0, 0.05) is 6.20 Å². The number of nitrogens with zero attached hydrogens (tertiary/aromatic N) is 3. The number of anilines is 2. The van der Waals surface area contributed by atoms with Gasteiger partial charge in [-0.15, -0.1) is 0 Å².